The maximum atomic E-state index is 11.8. The minimum atomic E-state index is -1.18. The zero-order valence-corrected chi connectivity index (χ0v) is 21.8. The largest absolute Gasteiger partial charge is 0.480 e. The van der Waals surface area contributed by atoms with Crippen LogP contribution in [0.5, 0.6) is 0 Å². The zero-order chi connectivity index (χ0) is 24.5. The van der Waals surface area contributed by atoms with Crippen LogP contribution < -0.4 is 0 Å². The minimum absolute atomic E-state index is 0.0640. The third kappa shape index (κ3) is 7.78. The van der Waals surface area contributed by atoms with Gasteiger partial charge in [-0.05, 0) is 43.4 Å². The van der Waals surface area contributed by atoms with Crippen molar-refractivity contribution in [1.29, 1.82) is 0 Å². The van der Waals surface area contributed by atoms with Crippen molar-refractivity contribution in [2.45, 2.75) is 148 Å². The molecule has 3 aliphatic carbocycles. The molecule has 2 bridgehead atoms. The van der Waals surface area contributed by atoms with Crippen molar-refractivity contribution in [3.63, 3.8) is 0 Å². The summed E-state index contributed by atoms with van der Waals surface area (Å²) in [5.41, 5.74) is -0.449. The predicted molar refractivity (Wildman–Crippen MR) is 136 cm³/mol. The molecule has 3 saturated carbocycles. The molecule has 0 aromatic carbocycles. The minimum Gasteiger partial charge on any atom is -0.480 e. The molecule has 3 N–H and O–H groups in total. The molecule has 3 rings (SSSR count). The Morgan fingerprint density at radius 1 is 0.939 bits per heavy atom. The summed E-state index contributed by atoms with van der Waals surface area (Å²) in [6, 6.07) is -1.18. The molecule has 0 radical (unpaired) electrons. The van der Waals surface area contributed by atoms with Crippen LogP contribution >= 0.6 is 0 Å². The maximum Gasteiger partial charge on any atom is 0.331 e. The van der Waals surface area contributed by atoms with Gasteiger partial charge in [-0.1, -0.05) is 104 Å². The molecule has 0 spiro atoms. The summed E-state index contributed by atoms with van der Waals surface area (Å²) < 4.78 is 0. The number of aliphatic hydroxyl groups excluding tert-OH is 1. The van der Waals surface area contributed by atoms with Crippen LogP contribution in [0.15, 0.2) is 4.99 Å². The number of hydrogen-bond acceptors (Lipinski definition) is 4. The fraction of sp³-hybridized carbons (Fsp3) is 0.929. The number of carboxylic acid groups (broad SMARTS) is 1. The number of nitrogens with zero attached hydrogens (tertiary/aromatic N) is 1. The van der Waals surface area contributed by atoms with Crippen LogP contribution in [0, 0.1) is 17.3 Å². The van der Waals surface area contributed by atoms with Crippen LogP contribution in [0.1, 0.15) is 130 Å². The third-order valence-corrected chi connectivity index (χ3v) is 8.69. The van der Waals surface area contributed by atoms with Gasteiger partial charge in [-0.2, -0.15) is 0 Å². The van der Waals surface area contributed by atoms with Crippen LogP contribution in [0.4, 0.5) is 0 Å². The molecule has 5 heteroatoms. The SMILES string of the molecule is CCCCCCCCCCCCCCCC(O)C(/N=C1\C[C@@H]2C[C@@H](C2(C)C)[C@]1(C)O)C(=O)O. The second-order valence-electron chi connectivity index (χ2n) is 11.6. The third-order valence-electron chi connectivity index (χ3n) is 8.69. The second kappa shape index (κ2) is 13.2. The number of fused-ring (bicyclic) bond motifs is 2. The van der Waals surface area contributed by atoms with Crippen molar-refractivity contribution in [3.8, 4) is 0 Å². The van der Waals surface area contributed by atoms with E-state index in [1.54, 1.807) is 6.92 Å². The van der Waals surface area contributed by atoms with E-state index in [1.807, 2.05) is 0 Å². The molecule has 2 unspecified atom stereocenters. The van der Waals surface area contributed by atoms with Crippen molar-refractivity contribution >= 4 is 11.7 Å². The topological polar surface area (TPSA) is 90.1 Å². The highest BCUT2D eigenvalue weighted by Crippen LogP contribution is 2.61. The molecule has 0 saturated heterocycles. The first kappa shape index (κ1) is 28.3. The van der Waals surface area contributed by atoms with E-state index in [2.05, 4.69) is 25.8 Å². The summed E-state index contributed by atoms with van der Waals surface area (Å²) in [4.78, 5) is 16.3. The lowest BCUT2D eigenvalue weighted by molar-refractivity contribution is -0.142. The molecule has 0 aliphatic heterocycles. The normalized spacial score (nSPS) is 29.0. The Balaban J connectivity index is 1.64. The van der Waals surface area contributed by atoms with E-state index in [0.717, 1.165) is 25.7 Å². The van der Waals surface area contributed by atoms with Gasteiger partial charge in [0.2, 0.25) is 0 Å². The summed E-state index contributed by atoms with van der Waals surface area (Å²) in [6.07, 6.45) is 17.4. The van der Waals surface area contributed by atoms with Gasteiger partial charge in [-0.25, -0.2) is 4.79 Å². The number of unbranched alkanes of at least 4 members (excludes halogenated alkanes) is 12. The van der Waals surface area contributed by atoms with Gasteiger partial charge in [-0.15, -0.1) is 0 Å². The Hall–Kier alpha value is -0.940. The first-order chi connectivity index (χ1) is 15.6. The number of carboxylic acids is 1. The van der Waals surface area contributed by atoms with Crippen molar-refractivity contribution in [3.05, 3.63) is 0 Å². The number of aliphatic carboxylic acids is 1. The highest BCUT2D eigenvalue weighted by molar-refractivity contribution is 5.96. The van der Waals surface area contributed by atoms with Crippen molar-refractivity contribution < 1.29 is 20.1 Å². The number of aliphatic imine (C=N–C) groups is 1. The van der Waals surface area contributed by atoms with Crippen LogP contribution in [0.3, 0.4) is 0 Å². The van der Waals surface area contributed by atoms with E-state index in [1.165, 1.54) is 64.2 Å². The quantitative estimate of drug-likeness (QED) is 0.213. The molecule has 5 atom stereocenters. The lowest BCUT2D eigenvalue weighted by atomic mass is 9.44. The van der Waals surface area contributed by atoms with Crippen molar-refractivity contribution in [1.82, 2.24) is 0 Å². The number of hydrogen-bond donors (Lipinski definition) is 3. The van der Waals surface area contributed by atoms with E-state index in [9.17, 15) is 20.1 Å². The summed E-state index contributed by atoms with van der Waals surface area (Å²) >= 11 is 0. The molecular formula is C28H51NO4. The summed E-state index contributed by atoms with van der Waals surface area (Å²) in [7, 11) is 0. The summed E-state index contributed by atoms with van der Waals surface area (Å²) in [5, 5.41) is 31.3. The van der Waals surface area contributed by atoms with Crippen molar-refractivity contribution in [2.24, 2.45) is 22.2 Å². The summed E-state index contributed by atoms with van der Waals surface area (Å²) in [5.74, 6) is -0.553. The number of aliphatic hydroxyl groups is 2. The van der Waals surface area contributed by atoms with E-state index in [-0.39, 0.29) is 11.3 Å². The molecule has 33 heavy (non-hydrogen) atoms. The van der Waals surface area contributed by atoms with Gasteiger partial charge in [0.15, 0.2) is 6.04 Å². The van der Waals surface area contributed by atoms with Crippen LogP contribution in [0.2, 0.25) is 0 Å². The average Bonchev–Trinajstić information content (AvgIpc) is 2.74. The van der Waals surface area contributed by atoms with Gasteiger partial charge in [-0.3, -0.25) is 4.99 Å². The van der Waals surface area contributed by atoms with Gasteiger partial charge in [0.1, 0.15) is 5.60 Å². The molecule has 0 aromatic rings. The fourth-order valence-electron chi connectivity index (χ4n) is 6.14. The highest BCUT2D eigenvalue weighted by Gasteiger charge is 2.61. The first-order valence-corrected chi connectivity index (χ1v) is 13.8. The Morgan fingerprint density at radius 3 is 1.85 bits per heavy atom. The smallest absolute Gasteiger partial charge is 0.331 e. The molecule has 5 nitrogen and oxygen atoms in total. The number of carbonyl (C=O) groups is 1. The lowest BCUT2D eigenvalue weighted by Crippen LogP contribution is -2.65. The monoisotopic (exact) mass is 465 g/mol. The molecule has 3 fully saturated rings. The molecular weight excluding hydrogens is 414 g/mol. The van der Waals surface area contributed by atoms with Crippen LogP contribution in [-0.4, -0.2) is 44.7 Å². The summed E-state index contributed by atoms with van der Waals surface area (Å²) in [6.45, 7) is 8.38. The Morgan fingerprint density at radius 2 is 1.42 bits per heavy atom. The molecule has 192 valence electrons. The molecule has 3 aliphatic rings. The number of rotatable bonds is 17. The fourth-order valence-corrected chi connectivity index (χ4v) is 6.14. The average molecular weight is 466 g/mol. The van der Waals surface area contributed by atoms with E-state index >= 15 is 0 Å². The van der Waals surface area contributed by atoms with Gasteiger partial charge in [0.05, 0.1) is 6.10 Å². The molecule has 0 amide bonds. The van der Waals surface area contributed by atoms with Gasteiger partial charge >= 0.3 is 5.97 Å². The highest BCUT2D eigenvalue weighted by atomic mass is 16.4. The predicted octanol–water partition coefficient (Wildman–Crippen LogP) is 6.54. The van der Waals surface area contributed by atoms with E-state index in [0.29, 0.717) is 24.5 Å². The van der Waals surface area contributed by atoms with Crippen LogP contribution in [0.25, 0.3) is 0 Å². The Kier molecular flexibility index (Phi) is 11.3. The van der Waals surface area contributed by atoms with E-state index in [4.69, 9.17) is 0 Å². The lowest BCUT2D eigenvalue weighted by Gasteiger charge is -2.62. The Bertz CT molecular complexity index is 627. The molecule has 0 aromatic heterocycles. The molecule has 0 heterocycles. The van der Waals surface area contributed by atoms with Crippen LogP contribution in [-0.2, 0) is 4.79 Å². The second-order valence-corrected chi connectivity index (χ2v) is 11.6. The van der Waals surface area contributed by atoms with Gasteiger partial charge in [0, 0.05) is 5.71 Å². The van der Waals surface area contributed by atoms with Gasteiger partial charge < -0.3 is 15.3 Å². The standard InChI is InChI=1S/C28H51NO4/c1-5-6-7-8-9-10-11-12-13-14-15-16-17-18-22(30)25(26(31)32)29-24-20-21-19-23(27(21,2)3)28(24,4)33/h21-23,25,30,33H,5-20H2,1-4H3,(H,31,32)/b29-24+/t21-,22?,23-,25?,28-/m0/s1. The zero-order valence-electron chi connectivity index (χ0n) is 21.8. The first-order valence-electron chi connectivity index (χ1n) is 13.8. The van der Waals surface area contributed by atoms with Crippen molar-refractivity contribution in [2.75, 3.05) is 0 Å². The Labute approximate surface area is 202 Å². The maximum absolute atomic E-state index is 11.8. The van der Waals surface area contributed by atoms with E-state index < -0.39 is 23.7 Å². The van der Waals surface area contributed by atoms with Gasteiger partial charge in [0.25, 0.3) is 0 Å².